The number of dihydropyridines is 1. The molecule has 0 aromatic heterocycles. The molecule has 0 spiro atoms. The summed E-state index contributed by atoms with van der Waals surface area (Å²) in [6.45, 7) is 8.25. The van der Waals surface area contributed by atoms with E-state index in [9.17, 15) is 14.7 Å². The molecule has 36 heavy (non-hydrogen) atoms. The van der Waals surface area contributed by atoms with Crippen molar-refractivity contribution in [1.29, 1.82) is 0 Å². The first-order valence-electron chi connectivity index (χ1n) is 12.1. The number of ether oxygens (including phenoxy) is 3. The van der Waals surface area contributed by atoms with Crippen LogP contribution in [0.15, 0.2) is 65.0 Å². The summed E-state index contributed by atoms with van der Waals surface area (Å²) in [6.07, 6.45) is 1.07. The fraction of sp³-hybridized carbons (Fsp3) is 0.379. The van der Waals surface area contributed by atoms with E-state index in [2.05, 4.69) is 19.2 Å². The molecule has 0 fully saturated rings. The molecule has 2 aliphatic rings. The minimum Gasteiger partial charge on any atom is -0.504 e. The fourth-order valence-corrected chi connectivity index (χ4v) is 4.97. The molecule has 2 N–H and O–H groups in total. The first-order chi connectivity index (χ1) is 17.1. The lowest BCUT2D eigenvalue weighted by molar-refractivity contribution is -0.140. The molecule has 1 atom stereocenters. The average molecular weight is 492 g/mol. The van der Waals surface area contributed by atoms with E-state index < -0.39 is 11.9 Å². The molecule has 0 radical (unpaired) electrons. The molecular formula is C29H33NO6. The number of benzene rings is 2. The van der Waals surface area contributed by atoms with Crippen molar-refractivity contribution in [1.82, 2.24) is 5.32 Å². The van der Waals surface area contributed by atoms with Crippen LogP contribution >= 0.6 is 0 Å². The highest BCUT2D eigenvalue weighted by molar-refractivity contribution is 6.04. The van der Waals surface area contributed by atoms with E-state index in [1.807, 2.05) is 38.1 Å². The molecule has 1 heterocycles. The van der Waals surface area contributed by atoms with E-state index in [0.717, 1.165) is 17.0 Å². The molecule has 7 nitrogen and oxygen atoms in total. The summed E-state index contributed by atoms with van der Waals surface area (Å²) < 4.78 is 16.5. The summed E-state index contributed by atoms with van der Waals surface area (Å²) in [5.41, 5.74) is 3.75. The van der Waals surface area contributed by atoms with Crippen LogP contribution in [0.3, 0.4) is 0 Å². The van der Waals surface area contributed by atoms with Gasteiger partial charge < -0.3 is 24.6 Å². The maximum atomic E-state index is 13.5. The smallest absolute Gasteiger partial charge is 0.337 e. The van der Waals surface area contributed by atoms with Crippen molar-refractivity contribution in [2.45, 2.75) is 53.1 Å². The fourth-order valence-electron chi connectivity index (χ4n) is 4.97. The Kier molecular flexibility index (Phi) is 7.11. The Hall–Kier alpha value is -3.74. The van der Waals surface area contributed by atoms with Crippen LogP contribution in [0.2, 0.25) is 0 Å². The largest absolute Gasteiger partial charge is 0.504 e. The maximum absolute atomic E-state index is 13.5. The van der Waals surface area contributed by atoms with Crippen molar-refractivity contribution in [3.8, 4) is 17.2 Å². The van der Waals surface area contributed by atoms with Gasteiger partial charge in [0.25, 0.3) is 0 Å². The lowest BCUT2D eigenvalue weighted by atomic mass is 9.68. The third-order valence-corrected chi connectivity index (χ3v) is 6.61. The second kappa shape index (κ2) is 10.1. The maximum Gasteiger partial charge on any atom is 0.337 e. The first kappa shape index (κ1) is 25.4. The van der Waals surface area contributed by atoms with Gasteiger partial charge in [0.05, 0.1) is 19.3 Å². The number of ketones is 1. The van der Waals surface area contributed by atoms with Crippen LogP contribution in [0.4, 0.5) is 0 Å². The molecule has 1 aliphatic carbocycles. The van der Waals surface area contributed by atoms with Gasteiger partial charge in [0.2, 0.25) is 0 Å². The predicted molar refractivity (Wildman–Crippen MR) is 136 cm³/mol. The molecule has 0 saturated heterocycles. The van der Waals surface area contributed by atoms with Gasteiger partial charge >= 0.3 is 5.97 Å². The van der Waals surface area contributed by atoms with Gasteiger partial charge in [-0.2, -0.15) is 0 Å². The summed E-state index contributed by atoms with van der Waals surface area (Å²) in [5, 5.41) is 13.6. The highest BCUT2D eigenvalue weighted by atomic mass is 16.5. The zero-order valence-electron chi connectivity index (χ0n) is 21.4. The van der Waals surface area contributed by atoms with Crippen LogP contribution in [0.1, 0.15) is 57.6 Å². The predicted octanol–water partition coefficient (Wildman–Crippen LogP) is 5.15. The summed E-state index contributed by atoms with van der Waals surface area (Å²) in [4.78, 5) is 27.0. The number of allylic oxidation sites excluding steroid dienone is 3. The molecule has 7 heteroatoms. The lowest BCUT2D eigenvalue weighted by Crippen LogP contribution is -2.38. The Bertz CT molecular complexity index is 1240. The minimum absolute atomic E-state index is 0.00209. The number of hydrogen-bond acceptors (Lipinski definition) is 7. The van der Waals surface area contributed by atoms with Gasteiger partial charge in [-0.3, -0.25) is 4.79 Å². The van der Waals surface area contributed by atoms with Gasteiger partial charge in [-0.15, -0.1) is 0 Å². The van der Waals surface area contributed by atoms with Crippen LogP contribution in [0.5, 0.6) is 17.2 Å². The zero-order chi connectivity index (χ0) is 26.0. The van der Waals surface area contributed by atoms with E-state index in [4.69, 9.17) is 14.2 Å². The van der Waals surface area contributed by atoms with Crippen molar-refractivity contribution in [3.05, 3.63) is 76.1 Å². The number of aromatic hydroxyl groups is 1. The Morgan fingerprint density at radius 3 is 2.53 bits per heavy atom. The third-order valence-electron chi connectivity index (χ3n) is 6.61. The zero-order valence-corrected chi connectivity index (χ0v) is 21.4. The van der Waals surface area contributed by atoms with E-state index >= 15 is 0 Å². The van der Waals surface area contributed by atoms with Crippen molar-refractivity contribution in [2.24, 2.45) is 5.41 Å². The summed E-state index contributed by atoms with van der Waals surface area (Å²) in [6, 6.07) is 12.3. The summed E-state index contributed by atoms with van der Waals surface area (Å²) in [5.74, 6) is -0.107. The van der Waals surface area contributed by atoms with E-state index in [1.165, 1.54) is 6.07 Å². The summed E-state index contributed by atoms with van der Waals surface area (Å²) >= 11 is 0. The minimum atomic E-state index is -0.631. The van der Waals surface area contributed by atoms with Gasteiger partial charge in [0.1, 0.15) is 12.4 Å². The molecule has 2 aromatic carbocycles. The van der Waals surface area contributed by atoms with Gasteiger partial charge in [-0.25, -0.2) is 4.79 Å². The number of carbonyl (C=O) groups excluding carboxylic acids is 2. The van der Waals surface area contributed by atoms with Crippen LogP contribution < -0.4 is 14.8 Å². The van der Waals surface area contributed by atoms with Gasteiger partial charge in [-0.05, 0) is 61.1 Å². The van der Waals surface area contributed by atoms with Gasteiger partial charge in [0.15, 0.2) is 17.3 Å². The number of hydrogen-bond donors (Lipinski definition) is 2. The van der Waals surface area contributed by atoms with Crippen molar-refractivity contribution in [2.75, 3.05) is 13.7 Å². The lowest BCUT2D eigenvalue weighted by Gasteiger charge is -2.39. The quantitative estimate of drug-likeness (QED) is 0.518. The highest BCUT2D eigenvalue weighted by Gasteiger charge is 2.43. The summed E-state index contributed by atoms with van der Waals surface area (Å²) in [7, 11) is 1.59. The van der Waals surface area contributed by atoms with E-state index in [1.54, 1.807) is 19.2 Å². The third kappa shape index (κ3) is 5.10. The molecule has 2 aromatic rings. The SMILES string of the molecule is CCOc1cc([C@H]2C(C(=O)OCc3ccc(OC)cc3)=C(C)NC3=C2C(=O)CC(C)(C)C3)ccc1O. The second-order valence-electron chi connectivity index (χ2n) is 10.0. The molecule has 190 valence electrons. The van der Waals surface area contributed by atoms with E-state index in [-0.39, 0.29) is 23.6 Å². The molecular weight excluding hydrogens is 458 g/mol. The molecule has 0 bridgehead atoms. The Morgan fingerprint density at radius 2 is 1.86 bits per heavy atom. The Morgan fingerprint density at radius 1 is 1.14 bits per heavy atom. The standard InChI is InChI=1S/C29H33NO6/c1-6-35-24-13-19(9-12-22(24)31)26-25(28(33)36-16-18-7-10-20(34-5)11-8-18)17(2)30-21-14-29(3,4)15-23(32)27(21)26/h7-13,26,30-31H,6,14-16H2,1-5H3/t26-/m0/s1. The van der Waals surface area contributed by atoms with Crippen molar-refractivity contribution < 1.29 is 28.9 Å². The molecule has 0 amide bonds. The first-order valence-corrected chi connectivity index (χ1v) is 12.1. The number of methoxy groups -OCH3 is 1. The van der Waals surface area contributed by atoms with E-state index in [0.29, 0.717) is 47.6 Å². The number of rotatable bonds is 7. The number of carbonyl (C=O) groups is 2. The van der Waals surface area contributed by atoms with Crippen LogP contribution in [0, 0.1) is 5.41 Å². The molecule has 0 unspecified atom stereocenters. The van der Waals surface area contributed by atoms with Crippen LogP contribution in [0.25, 0.3) is 0 Å². The molecule has 4 rings (SSSR count). The second-order valence-corrected chi connectivity index (χ2v) is 10.0. The number of phenols is 1. The average Bonchev–Trinajstić information content (AvgIpc) is 2.82. The molecule has 0 saturated carbocycles. The monoisotopic (exact) mass is 491 g/mol. The van der Waals surface area contributed by atoms with Gasteiger partial charge in [-0.1, -0.05) is 32.0 Å². The topological polar surface area (TPSA) is 94.1 Å². The number of nitrogens with one attached hydrogen (secondary N) is 1. The molecule has 1 aliphatic heterocycles. The highest BCUT2D eigenvalue weighted by Crippen LogP contribution is 2.47. The van der Waals surface area contributed by atoms with Crippen molar-refractivity contribution >= 4 is 11.8 Å². The Balaban J connectivity index is 1.73. The van der Waals surface area contributed by atoms with Gasteiger partial charge in [0, 0.05) is 29.3 Å². The number of phenolic OH excluding ortho intramolecular Hbond substituents is 1. The van der Waals surface area contributed by atoms with Crippen LogP contribution in [-0.4, -0.2) is 30.6 Å². The number of esters is 1. The van der Waals surface area contributed by atoms with Crippen LogP contribution in [-0.2, 0) is 20.9 Å². The Labute approximate surface area is 211 Å². The van der Waals surface area contributed by atoms with Crippen molar-refractivity contribution in [3.63, 3.8) is 0 Å². The normalized spacial score (nSPS) is 18.9. The number of Topliss-reactive ketones (excluding diaryl/α,β-unsaturated/α-hetero) is 1.